The normalized spacial score (nSPS) is 14.6. The molecule has 0 spiro atoms. The minimum absolute atomic E-state index is 0.0901. The van der Waals surface area contributed by atoms with E-state index < -0.39 is 20.3 Å². The van der Waals surface area contributed by atoms with E-state index in [0.717, 1.165) is 11.1 Å². The average Bonchev–Trinajstić information content (AvgIpc) is 3.36. The lowest BCUT2D eigenvalue weighted by molar-refractivity contribution is 0.102. The molecule has 202 valence electrons. The van der Waals surface area contributed by atoms with Gasteiger partial charge in [-0.05, 0) is 71.2 Å². The molecule has 1 aliphatic heterocycles. The molecule has 2 N–H and O–H groups in total. The molecule has 1 aliphatic rings. The number of tetrazole rings is 1. The highest BCUT2D eigenvalue weighted by molar-refractivity contribution is 6.74. The van der Waals surface area contributed by atoms with Crippen LogP contribution in [0.1, 0.15) is 55.4 Å². The lowest BCUT2D eigenvalue weighted by atomic mass is 10.0. The second-order valence-corrected chi connectivity index (χ2v) is 15.8. The molecule has 0 saturated heterocycles. The fraction of sp³-hybridized carbons (Fsp3) is 0.480. The summed E-state index contributed by atoms with van der Waals surface area (Å²) >= 11 is 0. The lowest BCUT2D eigenvalue weighted by Crippen LogP contribution is -2.42. The highest BCUT2D eigenvalue weighted by atomic mass is 28.4. The Balaban J connectivity index is 1.48. The van der Waals surface area contributed by atoms with Crippen LogP contribution in [0.2, 0.25) is 18.1 Å². The molecule has 0 saturated carbocycles. The third-order valence-electron chi connectivity index (χ3n) is 7.22. The molecule has 0 bridgehead atoms. The number of carbonyl (C=O) groups is 2. The first kappa shape index (κ1) is 27.3. The number of aromatic nitrogens is 6. The Bertz CT molecular complexity index is 1340. The van der Waals surface area contributed by atoms with Crippen LogP contribution in [-0.4, -0.2) is 73.7 Å². The summed E-state index contributed by atoms with van der Waals surface area (Å²) in [4.78, 5) is 34.4. The van der Waals surface area contributed by atoms with Gasteiger partial charge in [0.1, 0.15) is 17.2 Å². The molecule has 0 aromatic carbocycles. The molecular weight excluding hydrogens is 504 g/mol. The molecule has 3 aromatic rings. The highest BCUT2D eigenvalue weighted by Crippen LogP contribution is 2.37. The van der Waals surface area contributed by atoms with Gasteiger partial charge in [0.15, 0.2) is 8.32 Å². The van der Waals surface area contributed by atoms with Crippen LogP contribution in [-0.2, 0) is 17.4 Å². The third-order valence-corrected chi connectivity index (χ3v) is 11.7. The zero-order chi connectivity index (χ0) is 27.7. The van der Waals surface area contributed by atoms with E-state index in [1.807, 2.05) is 6.92 Å². The van der Waals surface area contributed by atoms with Gasteiger partial charge < -0.3 is 19.7 Å². The molecule has 0 fully saturated rings. The van der Waals surface area contributed by atoms with Crippen molar-refractivity contribution in [1.82, 2.24) is 35.1 Å². The highest BCUT2D eigenvalue weighted by Gasteiger charge is 2.37. The Kier molecular flexibility index (Phi) is 7.60. The zero-order valence-corrected chi connectivity index (χ0v) is 23.6. The molecule has 12 nitrogen and oxygen atoms in total. The van der Waals surface area contributed by atoms with Crippen LogP contribution in [0.3, 0.4) is 0 Å². The lowest BCUT2D eigenvalue weighted by Gasteiger charge is -2.36. The summed E-state index contributed by atoms with van der Waals surface area (Å²) in [5.74, 6) is 0.340. The Morgan fingerprint density at radius 1 is 1.24 bits per heavy atom. The van der Waals surface area contributed by atoms with Crippen LogP contribution in [0, 0.1) is 0 Å². The quantitative estimate of drug-likeness (QED) is 0.426. The molecule has 0 aliphatic carbocycles. The number of pyridine rings is 2. The number of hydrogen-bond acceptors (Lipinski definition) is 8. The van der Waals surface area contributed by atoms with Crippen molar-refractivity contribution in [2.24, 2.45) is 0 Å². The van der Waals surface area contributed by atoms with Crippen molar-refractivity contribution < 1.29 is 19.1 Å². The number of rotatable bonds is 7. The molecule has 38 heavy (non-hydrogen) atoms. The van der Waals surface area contributed by atoms with Crippen molar-refractivity contribution in [1.29, 1.82) is 0 Å². The number of amides is 2. The molecule has 4 heterocycles. The number of carbonyl (C=O) groups excluding carboxylic acids is 1. The van der Waals surface area contributed by atoms with Crippen molar-refractivity contribution in [2.75, 3.05) is 18.5 Å². The average molecular weight is 539 g/mol. The summed E-state index contributed by atoms with van der Waals surface area (Å²) < 4.78 is 8.04. The van der Waals surface area contributed by atoms with Gasteiger partial charge in [0.2, 0.25) is 5.82 Å². The topological polar surface area (TPSA) is 148 Å². The van der Waals surface area contributed by atoms with Gasteiger partial charge in [-0.3, -0.25) is 9.78 Å². The molecule has 0 radical (unpaired) electrons. The van der Waals surface area contributed by atoms with Crippen molar-refractivity contribution >= 4 is 26.1 Å². The molecule has 1 unspecified atom stereocenters. The van der Waals surface area contributed by atoms with E-state index in [2.05, 4.69) is 64.7 Å². The summed E-state index contributed by atoms with van der Waals surface area (Å²) in [7, 11) is -1.94. The van der Waals surface area contributed by atoms with Crippen LogP contribution >= 0.6 is 0 Å². The number of carboxylic acid groups (broad SMARTS) is 1. The number of fused-ring (bicyclic) bond motifs is 1. The summed E-state index contributed by atoms with van der Waals surface area (Å²) in [6.07, 6.45) is 1.21. The number of nitrogens with one attached hydrogen (secondary N) is 1. The van der Waals surface area contributed by atoms with Gasteiger partial charge in [0.05, 0.1) is 12.6 Å². The molecule has 13 heteroatoms. The van der Waals surface area contributed by atoms with Crippen LogP contribution in [0.4, 0.5) is 10.6 Å². The fourth-order valence-corrected chi connectivity index (χ4v) is 4.90. The summed E-state index contributed by atoms with van der Waals surface area (Å²) in [5.41, 5.74) is 2.40. The van der Waals surface area contributed by atoms with Crippen LogP contribution in [0.15, 0.2) is 30.5 Å². The van der Waals surface area contributed by atoms with Crippen LogP contribution in [0.25, 0.3) is 11.5 Å². The smallest absolute Gasteiger partial charge is 0.407 e. The van der Waals surface area contributed by atoms with Gasteiger partial charge in [0.25, 0.3) is 5.91 Å². The predicted octanol–water partition coefficient (Wildman–Crippen LogP) is 4.00. The molecule has 2 amide bonds. The molecular formula is C25H34N8O4Si. The minimum atomic E-state index is -1.94. The fourth-order valence-electron chi connectivity index (χ4n) is 3.81. The second-order valence-electron chi connectivity index (χ2n) is 11.0. The Labute approximate surface area is 222 Å². The van der Waals surface area contributed by atoms with Gasteiger partial charge in [-0.25, -0.2) is 14.5 Å². The number of anilines is 1. The van der Waals surface area contributed by atoms with Gasteiger partial charge >= 0.3 is 6.09 Å². The van der Waals surface area contributed by atoms with Gasteiger partial charge in [-0.2, -0.15) is 0 Å². The monoisotopic (exact) mass is 538 g/mol. The zero-order valence-electron chi connectivity index (χ0n) is 22.6. The third kappa shape index (κ3) is 5.88. The van der Waals surface area contributed by atoms with E-state index in [9.17, 15) is 14.7 Å². The van der Waals surface area contributed by atoms with Gasteiger partial charge in [0, 0.05) is 19.3 Å². The van der Waals surface area contributed by atoms with Crippen molar-refractivity contribution in [3.05, 3.63) is 47.3 Å². The molecule has 4 rings (SSSR count). The summed E-state index contributed by atoms with van der Waals surface area (Å²) in [6, 6.07) is 6.72. The van der Waals surface area contributed by atoms with Crippen molar-refractivity contribution in [2.45, 2.75) is 64.8 Å². The first-order chi connectivity index (χ1) is 17.9. The van der Waals surface area contributed by atoms with E-state index in [0.29, 0.717) is 36.9 Å². The standard InChI is InChI=1S/C25H34N8O4Si/c1-16(15-37-38(5,6)25(2,3)4)33-22(29-30-31-33)19-8-7-9-21(27-19)28-23(34)20-12-18-14-32(24(35)36)11-10-17(18)13-26-20/h7-9,12-13,16H,10-11,14-15H2,1-6H3,(H,35,36)(H,27,28,34). The summed E-state index contributed by atoms with van der Waals surface area (Å²) in [6.45, 7) is 14.1. The number of hydrogen-bond donors (Lipinski definition) is 2. The maximum absolute atomic E-state index is 12.9. The van der Waals surface area contributed by atoms with E-state index >= 15 is 0 Å². The van der Waals surface area contributed by atoms with E-state index in [4.69, 9.17) is 4.43 Å². The van der Waals surface area contributed by atoms with Crippen molar-refractivity contribution in [3.8, 4) is 11.5 Å². The Morgan fingerprint density at radius 3 is 2.71 bits per heavy atom. The van der Waals surface area contributed by atoms with E-state index in [1.54, 1.807) is 35.1 Å². The first-order valence-electron chi connectivity index (χ1n) is 12.5. The maximum atomic E-state index is 12.9. The van der Waals surface area contributed by atoms with Crippen molar-refractivity contribution in [3.63, 3.8) is 0 Å². The first-order valence-corrected chi connectivity index (χ1v) is 15.4. The summed E-state index contributed by atoms with van der Waals surface area (Å²) in [5, 5.41) is 24.3. The largest absolute Gasteiger partial charge is 0.465 e. The van der Waals surface area contributed by atoms with Gasteiger partial charge in [-0.1, -0.05) is 26.8 Å². The number of nitrogens with zero attached hydrogens (tertiary/aromatic N) is 7. The van der Waals surface area contributed by atoms with E-state index in [1.165, 1.54) is 4.90 Å². The minimum Gasteiger partial charge on any atom is -0.465 e. The molecule has 1 atom stereocenters. The second kappa shape index (κ2) is 10.6. The van der Waals surface area contributed by atoms with Crippen LogP contribution in [0.5, 0.6) is 0 Å². The SMILES string of the molecule is CC(CO[Si](C)(C)C(C)(C)C)n1nnnc1-c1cccc(NC(=O)c2cc3c(cn2)CCN(C(=O)O)C3)n1. The Hall–Kier alpha value is -3.71. The Morgan fingerprint density at radius 2 is 2.00 bits per heavy atom. The molecule has 3 aromatic heterocycles. The van der Waals surface area contributed by atoms with Crippen LogP contribution < -0.4 is 5.32 Å². The predicted molar refractivity (Wildman–Crippen MR) is 143 cm³/mol. The van der Waals surface area contributed by atoms with Gasteiger partial charge in [-0.15, -0.1) is 5.10 Å². The maximum Gasteiger partial charge on any atom is 0.407 e. The van der Waals surface area contributed by atoms with E-state index in [-0.39, 0.29) is 23.3 Å².